The molecule has 1 atom stereocenters. The Bertz CT molecular complexity index is 1380. The van der Waals surface area contributed by atoms with Crippen molar-refractivity contribution >= 4 is 5.65 Å². The zero-order valence-electron chi connectivity index (χ0n) is 15.7. The van der Waals surface area contributed by atoms with Crippen LogP contribution in [0.2, 0.25) is 0 Å². The molecule has 3 aromatic heterocycles. The molecule has 1 aliphatic heterocycles. The van der Waals surface area contributed by atoms with Crippen molar-refractivity contribution in [2.75, 3.05) is 0 Å². The van der Waals surface area contributed by atoms with Crippen molar-refractivity contribution in [3.05, 3.63) is 95.9 Å². The van der Waals surface area contributed by atoms with E-state index in [1.807, 2.05) is 42.5 Å². The fraction of sp³-hybridized carbons (Fsp3) is 0.0435. The number of hydrogen-bond donors (Lipinski definition) is 1. The van der Waals surface area contributed by atoms with Gasteiger partial charge in [-0.3, -0.25) is 4.98 Å². The van der Waals surface area contributed by atoms with Gasteiger partial charge in [-0.25, -0.2) is 14.5 Å². The van der Waals surface area contributed by atoms with Crippen molar-refractivity contribution in [2.45, 2.75) is 5.92 Å². The van der Waals surface area contributed by atoms with Crippen LogP contribution in [0.3, 0.4) is 0 Å². The van der Waals surface area contributed by atoms with Crippen LogP contribution < -0.4 is 4.74 Å². The molecule has 0 radical (unpaired) electrons. The van der Waals surface area contributed by atoms with E-state index in [0.29, 0.717) is 28.8 Å². The van der Waals surface area contributed by atoms with Gasteiger partial charge < -0.3 is 9.84 Å². The first kappa shape index (κ1) is 16.7. The molecule has 0 bridgehead atoms. The minimum atomic E-state index is -0.164. The molecular weight excluding hydrogens is 378 g/mol. The van der Waals surface area contributed by atoms with E-state index in [9.17, 15) is 5.11 Å². The lowest BCUT2D eigenvalue weighted by molar-refractivity contribution is 0.422. The molecule has 6 rings (SSSR count). The van der Waals surface area contributed by atoms with E-state index in [4.69, 9.17) is 9.72 Å². The van der Waals surface area contributed by atoms with E-state index in [1.165, 1.54) is 0 Å². The molecule has 0 aliphatic carbocycles. The number of phenols is 1. The van der Waals surface area contributed by atoms with Crippen molar-refractivity contribution in [1.29, 1.82) is 0 Å². The second-order valence-electron chi connectivity index (χ2n) is 7.05. The largest absolute Gasteiger partial charge is 0.508 e. The number of nitrogens with zero attached hydrogens (tertiary/aromatic N) is 5. The van der Waals surface area contributed by atoms with Crippen LogP contribution in [0, 0.1) is 0 Å². The maximum absolute atomic E-state index is 9.96. The van der Waals surface area contributed by atoms with E-state index in [0.717, 1.165) is 16.7 Å². The lowest BCUT2D eigenvalue weighted by atomic mass is 9.84. The summed E-state index contributed by atoms with van der Waals surface area (Å²) < 4.78 is 7.73. The zero-order chi connectivity index (χ0) is 20.1. The third-order valence-corrected chi connectivity index (χ3v) is 5.22. The van der Waals surface area contributed by atoms with Crippen molar-refractivity contribution < 1.29 is 9.84 Å². The molecule has 7 nitrogen and oxygen atoms in total. The highest BCUT2D eigenvalue weighted by Gasteiger charge is 2.33. The average Bonchev–Trinajstić information content (AvgIpc) is 3.23. The second-order valence-corrected chi connectivity index (χ2v) is 7.05. The third kappa shape index (κ3) is 2.52. The van der Waals surface area contributed by atoms with Gasteiger partial charge in [0, 0.05) is 23.7 Å². The number of aromatic nitrogens is 5. The first-order valence-electron chi connectivity index (χ1n) is 9.50. The summed E-state index contributed by atoms with van der Waals surface area (Å²) in [7, 11) is 0. The van der Waals surface area contributed by atoms with Gasteiger partial charge >= 0.3 is 0 Å². The normalized spacial score (nSPS) is 14.7. The highest BCUT2D eigenvalue weighted by Crippen LogP contribution is 2.48. The van der Waals surface area contributed by atoms with E-state index >= 15 is 0 Å². The average molecular weight is 393 g/mol. The summed E-state index contributed by atoms with van der Waals surface area (Å²) >= 11 is 0. The van der Waals surface area contributed by atoms with Crippen molar-refractivity contribution in [1.82, 2.24) is 24.6 Å². The molecule has 7 heteroatoms. The number of ether oxygens (including phenoxy) is 1. The van der Waals surface area contributed by atoms with Gasteiger partial charge in [0.25, 0.3) is 0 Å². The van der Waals surface area contributed by atoms with Gasteiger partial charge in [0.1, 0.15) is 23.5 Å². The van der Waals surface area contributed by atoms with Gasteiger partial charge in [-0.2, -0.15) is 0 Å². The van der Waals surface area contributed by atoms with Crippen LogP contribution in [0.15, 0.2) is 79.3 Å². The maximum Gasteiger partial charge on any atom is 0.228 e. The number of phenolic OH excluding ortho intramolecular Hbond substituents is 1. The second kappa shape index (κ2) is 6.38. The summed E-state index contributed by atoms with van der Waals surface area (Å²) in [6, 6.07) is 20.9. The van der Waals surface area contributed by atoms with Gasteiger partial charge in [0.2, 0.25) is 11.7 Å². The monoisotopic (exact) mass is 393 g/mol. The molecule has 0 saturated heterocycles. The molecule has 1 aliphatic rings. The van der Waals surface area contributed by atoms with Crippen molar-refractivity contribution in [3.8, 4) is 28.9 Å². The summed E-state index contributed by atoms with van der Waals surface area (Å²) in [5.74, 6) is 1.54. The summed E-state index contributed by atoms with van der Waals surface area (Å²) in [5, 5.41) is 14.5. The molecule has 144 valence electrons. The Labute approximate surface area is 171 Å². The van der Waals surface area contributed by atoms with Crippen LogP contribution in [-0.2, 0) is 0 Å². The Morgan fingerprint density at radius 3 is 2.63 bits per heavy atom. The van der Waals surface area contributed by atoms with E-state index < -0.39 is 0 Å². The van der Waals surface area contributed by atoms with E-state index in [1.54, 1.807) is 29.2 Å². The molecule has 5 aromatic rings. The Hall–Kier alpha value is -4.26. The molecule has 0 amide bonds. The molecule has 4 heterocycles. The first-order valence-corrected chi connectivity index (χ1v) is 9.50. The number of benzene rings is 2. The van der Waals surface area contributed by atoms with Crippen LogP contribution in [0.5, 0.6) is 17.4 Å². The zero-order valence-corrected chi connectivity index (χ0v) is 15.7. The lowest BCUT2D eigenvalue weighted by Gasteiger charge is -2.27. The quantitative estimate of drug-likeness (QED) is 0.475. The van der Waals surface area contributed by atoms with Crippen LogP contribution in [0.1, 0.15) is 22.6 Å². The highest BCUT2D eigenvalue weighted by molar-refractivity contribution is 5.68. The van der Waals surface area contributed by atoms with Gasteiger partial charge in [-0.05, 0) is 23.8 Å². The number of fused-ring (bicyclic) bond motifs is 4. The van der Waals surface area contributed by atoms with Crippen LogP contribution in [-0.4, -0.2) is 29.7 Å². The highest BCUT2D eigenvalue weighted by atomic mass is 16.5. The molecule has 2 aromatic carbocycles. The van der Waals surface area contributed by atoms with Gasteiger partial charge in [-0.1, -0.05) is 42.5 Å². The SMILES string of the molecule is Oc1ccc2c(c1)Oc1ncn3nc(-c4ccccn4)nc3c1C2c1ccccc1. The maximum atomic E-state index is 9.96. The Balaban J connectivity index is 1.63. The predicted octanol–water partition coefficient (Wildman–Crippen LogP) is 4.18. The lowest BCUT2D eigenvalue weighted by Crippen LogP contribution is -2.14. The summed E-state index contributed by atoms with van der Waals surface area (Å²) in [4.78, 5) is 13.6. The molecule has 0 saturated carbocycles. The fourth-order valence-corrected chi connectivity index (χ4v) is 3.90. The number of hydrogen-bond acceptors (Lipinski definition) is 6. The van der Waals surface area contributed by atoms with Gasteiger partial charge in [0.05, 0.1) is 5.56 Å². The summed E-state index contributed by atoms with van der Waals surface area (Å²) in [5.41, 5.74) is 4.19. The van der Waals surface area contributed by atoms with E-state index in [-0.39, 0.29) is 11.7 Å². The van der Waals surface area contributed by atoms with Crippen LogP contribution in [0.4, 0.5) is 0 Å². The Morgan fingerprint density at radius 1 is 0.933 bits per heavy atom. The molecule has 1 N–H and O–H groups in total. The topological polar surface area (TPSA) is 85.4 Å². The summed E-state index contributed by atoms with van der Waals surface area (Å²) in [6.07, 6.45) is 3.30. The fourth-order valence-electron chi connectivity index (χ4n) is 3.90. The Kier molecular flexibility index (Phi) is 3.55. The standard InChI is InChI=1S/C23H15N5O2/c29-15-9-10-16-18(12-15)30-23-20(19(16)14-6-2-1-3-7-14)22-26-21(27-28(22)13-25-23)17-8-4-5-11-24-17/h1-13,19,29H. The molecule has 30 heavy (non-hydrogen) atoms. The third-order valence-electron chi connectivity index (χ3n) is 5.22. The van der Waals surface area contributed by atoms with Gasteiger partial charge in [-0.15, -0.1) is 5.10 Å². The summed E-state index contributed by atoms with van der Waals surface area (Å²) in [6.45, 7) is 0. The minimum Gasteiger partial charge on any atom is -0.508 e. The molecule has 0 fully saturated rings. The van der Waals surface area contributed by atoms with E-state index in [2.05, 4.69) is 27.2 Å². The van der Waals surface area contributed by atoms with Crippen LogP contribution >= 0.6 is 0 Å². The number of pyridine rings is 1. The number of rotatable bonds is 2. The molecular formula is C23H15N5O2. The number of aromatic hydroxyl groups is 1. The van der Waals surface area contributed by atoms with Gasteiger partial charge in [0.15, 0.2) is 5.65 Å². The van der Waals surface area contributed by atoms with Crippen molar-refractivity contribution in [2.24, 2.45) is 0 Å². The first-order chi connectivity index (χ1) is 14.8. The minimum absolute atomic E-state index is 0.144. The smallest absolute Gasteiger partial charge is 0.228 e. The van der Waals surface area contributed by atoms with Crippen LogP contribution in [0.25, 0.3) is 17.2 Å². The predicted molar refractivity (Wildman–Crippen MR) is 110 cm³/mol. The van der Waals surface area contributed by atoms with Crippen molar-refractivity contribution in [3.63, 3.8) is 0 Å². The Morgan fingerprint density at radius 2 is 1.80 bits per heavy atom. The molecule has 0 spiro atoms. The molecule has 1 unspecified atom stereocenters.